The lowest BCUT2D eigenvalue weighted by molar-refractivity contribution is -0.154. The van der Waals surface area contributed by atoms with Crippen molar-refractivity contribution in [2.24, 2.45) is 5.92 Å². The van der Waals surface area contributed by atoms with Crippen molar-refractivity contribution in [1.29, 1.82) is 0 Å². The lowest BCUT2D eigenvalue weighted by Crippen LogP contribution is -2.23. The highest BCUT2D eigenvalue weighted by Gasteiger charge is 2.12. The summed E-state index contributed by atoms with van der Waals surface area (Å²) in [6.45, 7) is 9.84. The zero-order chi connectivity index (χ0) is 10.3. The first kappa shape index (κ1) is 12.2. The highest BCUT2D eigenvalue weighted by molar-refractivity contribution is 5.71. The summed E-state index contributed by atoms with van der Waals surface area (Å²) in [6, 6.07) is 0. The molecule has 0 aromatic heterocycles. The maximum absolute atomic E-state index is 11.1. The number of carbonyl (C=O) groups is 1. The minimum atomic E-state index is -0.185. The predicted molar refractivity (Wildman–Crippen MR) is 51.4 cm³/mol. The average Bonchev–Trinajstić information content (AvgIpc) is 2.04. The number of hydrogen-bond donors (Lipinski definition) is 0. The molecule has 0 aliphatic heterocycles. The summed E-state index contributed by atoms with van der Waals surface area (Å²) >= 11 is 0. The van der Waals surface area contributed by atoms with Gasteiger partial charge in [-0.15, -0.1) is 6.58 Å². The summed E-state index contributed by atoms with van der Waals surface area (Å²) < 4.78 is 10.2. The molecule has 0 aromatic carbocycles. The van der Waals surface area contributed by atoms with Gasteiger partial charge in [0.25, 0.3) is 0 Å². The van der Waals surface area contributed by atoms with Crippen molar-refractivity contribution in [3.63, 3.8) is 0 Å². The summed E-state index contributed by atoms with van der Waals surface area (Å²) in [5.74, 6) is -0.267. The van der Waals surface area contributed by atoms with Crippen molar-refractivity contribution in [2.45, 2.75) is 26.9 Å². The van der Waals surface area contributed by atoms with Crippen LogP contribution >= 0.6 is 0 Å². The van der Waals surface area contributed by atoms with Crippen molar-refractivity contribution >= 4 is 5.97 Å². The van der Waals surface area contributed by atoms with E-state index < -0.39 is 0 Å². The van der Waals surface area contributed by atoms with E-state index in [-0.39, 0.29) is 18.0 Å². The SMILES string of the molecule is C=CCOC[C@@H](C)OC(=O)C(C)C. The largest absolute Gasteiger partial charge is 0.460 e. The molecule has 0 radical (unpaired) electrons. The second-order valence-corrected chi connectivity index (χ2v) is 3.23. The van der Waals surface area contributed by atoms with Gasteiger partial charge in [0, 0.05) is 0 Å². The number of carbonyl (C=O) groups excluding carboxylic acids is 1. The van der Waals surface area contributed by atoms with E-state index in [0.29, 0.717) is 13.2 Å². The number of ether oxygens (including phenoxy) is 2. The summed E-state index contributed by atoms with van der Waals surface area (Å²) in [5.41, 5.74) is 0. The van der Waals surface area contributed by atoms with Crippen molar-refractivity contribution < 1.29 is 14.3 Å². The molecular weight excluding hydrogens is 168 g/mol. The molecule has 0 bridgehead atoms. The van der Waals surface area contributed by atoms with Gasteiger partial charge in [-0.3, -0.25) is 4.79 Å². The summed E-state index contributed by atoms with van der Waals surface area (Å²) in [7, 11) is 0. The summed E-state index contributed by atoms with van der Waals surface area (Å²) in [4.78, 5) is 11.1. The van der Waals surface area contributed by atoms with Crippen LogP contribution in [0.4, 0.5) is 0 Å². The van der Waals surface area contributed by atoms with Crippen molar-refractivity contribution in [2.75, 3.05) is 13.2 Å². The maximum Gasteiger partial charge on any atom is 0.308 e. The van der Waals surface area contributed by atoms with Crippen LogP contribution in [-0.4, -0.2) is 25.3 Å². The molecule has 76 valence electrons. The molecule has 3 nitrogen and oxygen atoms in total. The second kappa shape index (κ2) is 6.66. The lowest BCUT2D eigenvalue weighted by Gasteiger charge is -2.14. The van der Waals surface area contributed by atoms with Crippen LogP contribution in [0.3, 0.4) is 0 Å². The van der Waals surface area contributed by atoms with Gasteiger partial charge in [0.2, 0.25) is 0 Å². The minimum absolute atomic E-state index is 0.0816. The fourth-order valence-electron chi connectivity index (χ4n) is 0.686. The van der Waals surface area contributed by atoms with Crippen molar-refractivity contribution in [1.82, 2.24) is 0 Å². The van der Waals surface area contributed by atoms with E-state index in [2.05, 4.69) is 6.58 Å². The van der Waals surface area contributed by atoms with Crippen LogP contribution < -0.4 is 0 Å². The molecule has 0 saturated heterocycles. The topological polar surface area (TPSA) is 35.5 Å². The third kappa shape index (κ3) is 6.34. The van der Waals surface area contributed by atoms with Crippen molar-refractivity contribution in [3.05, 3.63) is 12.7 Å². The Balaban J connectivity index is 3.55. The molecule has 0 aliphatic rings. The molecule has 0 aromatic rings. The van der Waals surface area contributed by atoms with Gasteiger partial charge in [-0.2, -0.15) is 0 Å². The van der Waals surface area contributed by atoms with Crippen LogP contribution in [0, 0.1) is 5.92 Å². The molecule has 0 spiro atoms. The highest BCUT2D eigenvalue weighted by atomic mass is 16.6. The summed E-state index contributed by atoms with van der Waals surface area (Å²) in [5, 5.41) is 0. The Morgan fingerprint density at radius 2 is 2.08 bits per heavy atom. The van der Waals surface area contributed by atoms with Gasteiger partial charge in [-0.05, 0) is 6.92 Å². The van der Waals surface area contributed by atoms with Crippen molar-refractivity contribution in [3.8, 4) is 0 Å². The smallest absolute Gasteiger partial charge is 0.308 e. The fraction of sp³-hybridized carbons (Fsp3) is 0.700. The molecule has 0 heterocycles. The van der Waals surface area contributed by atoms with Crippen LogP contribution in [0.1, 0.15) is 20.8 Å². The minimum Gasteiger partial charge on any atom is -0.460 e. The molecule has 0 unspecified atom stereocenters. The third-order valence-corrected chi connectivity index (χ3v) is 1.38. The van der Waals surface area contributed by atoms with Gasteiger partial charge in [0.15, 0.2) is 0 Å². The number of esters is 1. The Bertz CT molecular complexity index is 164. The molecule has 0 aliphatic carbocycles. The Morgan fingerprint density at radius 1 is 1.46 bits per heavy atom. The second-order valence-electron chi connectivity index (χ2n) is 3.23. The van der Waals surface area contributed by atoms with Gasteiger partial charge in [-0.25, -0.2) is 0 Å². The van der Waals surface area contributed by atoms with Gasteiger partial charge in [0.1, 0.15) is 6.10 Å². The van der Waals surface area contributed by atoms with Crippen LogP contribution in [0.15, 0.2) is 12.7 Å². The quantitative estimate of drug-likeness (QED) is 0.360. The Kier molecular flexibility index (Phi) is 6.24. The molecule has 0 N–H and O–H groups in total. The van der Waals surface area contributed by atoms with E-state index in [1.54, 1.807) is 19.9 Å². The molecule has 0 fully saturated rings. The normalized spacial score (nSPS) is 12.6. The molecule has 13 heavy (non-hydrogen) atoms. The van der Waals surface area contributed by atoms with E-state index in [1.165, 1.54) is 0 Å². The first-order valence-electron chi connectivity index (χ1n) is 4.47. The molecular formula is C10H18O3. The van der Waals surface area contributed by atoms with Gasteiger partial charge < -0.3 is 9.47 Å². The summed E-state index contributed by atoms with van der Waals surface area (Å²) in [6.07, 6.45) is 1.48. The number of rotatable bonds is 6. The zero-order valence-corrected chi connectivity index (χ0v) is 8.58. The molecule has 3 heteroatoms. The Labute approximate surface area is 79.7 Å². The van der Waals surface area contributed by atoms with Crippen LogP contribution in [-0.2, 0) is 14.3 Å². The fourth-order valence-corrected chi connectivity index (χ4v) is 0.686. The van der Waals surface area contributed by atoms with Gasteiger partial charge >= 0.3 is 5.97 Å². The van der Waals surface area contributed by atoms with E-state index in [1.807, 2.05) is 6.92 Å². The van der Waals surface area contributed by atoms with Gasteiger partial charge in [0.05, 0.1) is 19.1 Å². The van der Waals surface area contributed by atoms with E-state index in [4.69, 9.17) is 9.47 Å². The number of hydrogen-bond acceptors (Lipinski definition) is 3. The van der Waals surface area contributed by atoms with Crippen LogP contribution in [0.2, 0.25) is 0 Å². The Hall–Kier alpha value is -0.830. The van der Waals surface area contributed by atoms with E-state index in [0.717, 1.165) is 0 Å². The monoisotopic (exact) mass is 186 g/mol. The molecule has 1 atom stereocenters. The standard InChI is InChI=1S/C10H18O3/c1-5-6-12-7-9(4)13-10(11)8(2)3/h5,8-9H,1,6-7H2,2-4H3/t9-/m1/s1. The van der Waals surface area contributed by atoms with Gasteiger partial charge in [-0.1, -0.05) is 19.9 Å². The zero-order valence-electron chi connectivity index (χ0n) is 8.58. The third-order valence-electron chi connectivity index (χ3n) is 1.38. The predicted octanol–water partition coefficient (Wildman–Crippen LogP) is 1.78. The Morgan fingerprint density at radius 3 is 2.54 bits per heavy atom. The van der Waals surface area contributed by atoms with E-state index >= 15 is 0 Å². The first-order valence-corrected chi connectivity index (χ1v) is 4.47. The molecule has 0 saturated carbocycles. The van der Waals surface area contributed by atoms with E-state index in [9.17, 15) is 4.79 Å². The van der Waals surface area contributed by atoms with Crippen LogP contribution in [0.25, 0.3) is 0 Å². The molecule has 0 amide bonds. The molecule has 0 rings (SSSR count). The highest BCUT2D eigenvalue weighted by Crippen LogP contribution is 2.00. The maximum atomic E-state index is 11.1. The average molecular weight is 186 g/mol. The lowest BCUT2D eigenvalue weighted by atomic mass is 10.2. The van der Waals surface area contributed by atoms with Crippen LogP contribution in [0.5, 0.6) is 0 Å². The first-order chi connectivity index (χ1) is 6.07.